The van der Waals surface area contributed by atoms with E-state index in [0.29, 0.717) is 18.4 Å². The average molecular weight is 237 g/mol. The zero-order chi connectivity index (χ0) is 12.7. The number of hydrogen-bond donors (Lipinski definition) is 1. The van der Waals surface area contributed by atoms with Crippen LogP contribution in [-0.4, -0.2) is 12.6 Å². The van der Waals surface area contributed by atoms with Crippen molar-refractivity contribution in [1.82, 2.24) is 0 Å². The van der Waals surface area contributed by atoms with Gasteiger partial charge in [0.25, 0.3) is 0 Å². The van der Waals surface area contributed by atoms with Crippen LogP contribution in [0.4, 0.5) is 10.1 Å². The first-order chi connectivity index (χ1) is 8.17. The van der Waals surface area contributed by atoms with E-state index >= 15 is 0 Å². The van der Waals surface area contributed by atoms with Gasteiger partial charge < -0.3 is 10.1 Å². The molecule has 1 aromatic carbocycles. The summed E-state index contributed by atoms with van der Waals surface area (Å²) in [5.41, 5.74) is 0.838. The normalized spacial score (nSPS) is 11.9. The van der Waals surface area contributed by atoms with Gasteiger partial charge in [0, 0.05) is 12.1 Å². The summed E-state index contributed by atoms with van der Waals surface area (Å²) >= 11 is 0. The molecule has 0 heterocycles. The molecule has 1 unspecified atom stereocenters. The molecular formula is C14H20FNO. The Kier molecular flexibility index (Phi) is 5.53. The SMILES string of the molecule is C=CCCC(C)Nc1ccc(F)cc1OCC. The average Bonchev–Trinajstić information content (AvgIpc) is 2.30. The number of nitrogens with one attached hydrogen (secondary N) is 1. The van der Waals surface area contributed by atoms with Gasteiger partial charge in [-0.3, -0.25) is 0 Å². The highest BCUT2D eigenvalue weighted by atomic mass is 19.1. The third-order valence-corrected chi connectivity index (χ3v) is 2.45. The number of anilines is 1. The molecule has 0 aliphatic rings. The van der Waals surface area contributed by atoms with Gasteiger partial charge in [0.1, 0.15) is 11.6 Å². The van der Waals surface area contributed by atoms with E-state index in [9.17, 15) is 4.39 Å². The molecule has 1 rings (SSSR count). The molecule has 0 spiro atoms. The van der Waals surface area contributed by atoms with Gasteiger partial charge in [-0.2, -0.15) is 0 Å². The van der Waals surface area contributed by atoms with Crippen LogP contribution in [0.15, 0.2) is 30.9 Å². The summed E-state index contributed by atoms with van der Waals surface area (Å²) < 4.78 is 18.5. The number of halogens is 1. The molecule has 17 heavy (non-hydrogen) atoms. The van der Waals surface area contributed by atoms with Crippen molar-refractivity contribution >= 4 is 5.69 Å². The Balaban J connectivity index is 2.71. The first-order valence-corrected chi connectivity index (χ1v) is 5.97. The predicted octanol–water partition coefficient (Wildman–Crippen LogP) is 3.99. The third-order valence-electron chi connectivity index (χ3n) is 2.45. The van der Waals surface area contributed by atoms with Gasteiger partial charge in [-0.05, 0) is 38.8 Å². The van der Waals surface area contributed by atoms with E-state index in [4.69, 9.17) is 4.74 Å². The summed E-state index contributed by atoms with van der Waals surface area (Å²) in [6.07, 6.45) is 3.85. The smallest absolute Gasteiger partial charge is 0.145 e. The van der Waals surface area contributed by atoms with Gasteiger partial charge in [-0.25, -0.2) is 4.39 Å². The van der Waals surface area contributed by atoms with Crippen molar-refractivity contribution in [2.45, 2.75) is 32.7 Å². The molecule has 0 fully saturated rings. The van der Waals surface area contributed by atoms with Crippen molar-refractivity contribution in [3.63, 3.8) is 0 Å². The Labute approximate surface area is 102 Å². The van der Waals surface area contributed by atoms with Crippen LogP contribution in [0.25, 0.3) is 0 Å². The van der Waals surface area contributed by atoms with Gasteiger partial charge in [0.15, 0.2) is 0 Å². The van der Waals surface area contributed by atoms with Crippen LogP contribution < -0.4 is 10.1 Å². The second kappa shape index (κ2) is 6.94. The minimum absolute atomic E-state index is 0.280. The van der Waals surface area contributed by atoms with E-state index in [1.165, 1.54) is 12.1 Å². The van der Waals surface area contributed by atoms with E-state index in [1.54, 1.807) is 6.07 Å². The standard InChI is InChI=1S/C14H20FNO/c1-4-6-7-11(3)16-13-9-8-12(15)10-14(13)17-5-2/h4,8-11,16H,1,5-7H2,2-3H3. The molecule has 1 N–H and O–H groups in total. The Hall–Kier alpha value is -1.51. The molecular weight excluding hydrogens is 217 g/mol. The summed E-state index contributed by atoms with van der Waals surface area (Å²) in [5.74, 6) is 0.288. The van der Waals surface area contributed by atoms with E-state index in [1.807, 2.05) is 13.0 Å². The molecule has 94 valence electrons. The number of ether oxygens (including phenoxy) is 1. The lowest BCUT2D eigenvalue weighted by Crippen LogP contribution is -2.15. The topological polar surface area (TPSA) is 21.3 Å². The summed E-state index contributed by atoms with van der Waals surface area (Å²) in [6.45, 7) is 8.19. The number of allylic oxidation sites excluding steroid dienone is 1. The monoisotopic (exact) mass is 237 g/mol. The van der Waals surface area contributed by atoms with Gasteiger partial charge in [0.2, 0.25) is 0 Å². The maximum atomic E-state index is 13.1. The molecule has 1 atom stereocenters. The zero-order valence-electron chi connectivity index (χ0n) is 10.5. The predicted molar refractivity (Wildman–Crippen MR) is 70.1 cm³/mol. The van der Waals surface area contributed by atoms with E-state index in [2.05, 4.69) is 18.8 Å². The Bertz CT molecular complexity index is 365. The minimum atomic E-state index is -0.280. The molecule has 0 bridgehead atoms. The molecule has 0 radical (unpaired) electrons. The summed E-state index contributed by atoms with van der Waals surface area (Å²) in [4.78, 5) is 0. The largest absolute Gasteiger partial charge is 0.492 e. The molecule has 0 amide bonds. The Morgan fingerprint density at radius 1 is 1.53 bits per heavy atom. The van der Waals surface area contributed by atoms with Gasteiger partial charge >= 0.3 is 0 Å². The lowest BCUT2D eigenvalue weighted by Gasteiger charge is -2.17. The Morgan fingerprint density at radius 2 is 2.29 bits per heavy atom. The van der Waals surface area contributed by atoms with Crippen LogP contribution in [0.2, 0.25) is 0 Å². The minimum Gasteiger partial charge on any atom is -0.492 e. The second-order valence-corrected chi connectivity index (χ2v) is 3.98. The molecule has 0 saturated heterocycles. The zero-order valence-corrected chi connectivity index (χ0v) is 10.5. The molecule has 0 aliphatic carbocycles. The third kappa shape index (κ3) is 4.47. The molecule has 2 nitrogen and oxygen atoms in total. The highest BCUT2D eigenvalue weighted by Crippen LogP contribution is 2.26. The van der Waals surface area contributed by atoms with Crippen molar-refractivity contribution < 1.29 is 9.13 Å². The van der Waals surface area contributed by atoms with Gasteiger partial charge in [-0.1, -0.05) is 6.08 Å². The van der Waals surface area contributed by atoms with E-state index in [0.717, 1.165) is 18.5 Å². The van der Waals surface area contributed by atoms with E-state index < -0.39 is 0 Å². The maximum Gasteiger partial charge on any atom is 0.145 e. The van der Waals surface area contributed by atoms with Crippen LogP contribution in [0.1, 0.15) is 26.7 Å². The maximum absolute atomic E-state index is 13.1. The fourth-order valence-corrected chi connectivity index (χ4v) is 1.60. The molecule has 0 saturated carbocycles. The van der Waals surface area contributed by atoms with Crippen molar-refractivity contribution in [2.24, 2.45) is 0 Å². The van der Waals surface area contributed by atoms with Crippen LogP contribution >= 0.6 is 0 Å². The number of benzene rings is 1. The summed E-state index contributed by atoms with van der Waals surface area (Å²) in [5, 5.41) is 3.32. The lowest BCUT2D eigenvalue weighted by molar-refractivity contribution is 0.339. The van der Waals surface area contributed by atoms with Crippen LogP contribution in [-0.2, 0) is 0 Å². The van der Waals surface area contributed by atoms with Crippen LogP contribution in [0.5, 0.6) is 5.75 Å². The van der Waals surface area contributed by atoms with Crippen molar-refractivity contribution in [2.75, 3.05) is 11.9 Å². The number of rotatable bonds is 7. The molecule has 1 aromatic rings. The fraction of sp³-hybridized carbons (Fsp3) is 0.429. The number of hydrogen-bond acceptors (Lipinski definition) is 2. The van der Waals surface area contributed by atoms with Crippen molar-refractivity contribution in [1.29, 1.82) is 0 Å². The first kappa shape index (κ1) is 13.6. The fourth-order valence-electron chi connectivity index (χ4n) is 1.60. The quantitative estimate of drug-likeness (QED) is 0.724. The highest BCUT2D eigenvalue weighted by Gasteiger charge is 2.08. The van der Waals surface area contributed by atoms with Crippen molar-refractivity contribution in [3.05, 3.63) is 36.7 Å². The Morgan fingerprint density at radius 3 is 2.94 bits per heavy atom. The molecule has 0 aromatic heterocycles. The van der Waals surface area contributed by atoms with Crippen molar-refractivity contribution in [3.8, 4) is 5.75 Å². The molecule has 0 aliphatic heterocycles. The first-order valence-electron chi connectivity index (χ1n) is 5.97. The molecule has 3 heteroatoms. The van der Waals surface area contributed by atoms with Crippen LogP contribution in [0.3, 0.4) is 0 Å². The van der Waals surface area contributed by atoms with E-state index in [-0.39, 0.29) is 5.82 Å². The summed E-state index contributed by atoms with van der Waals surface area (Å²) in [7, 11) is 0. The van der Waals surface area contributed by atoms with Gasteiger partial charge in [-0.15, -0.1) is 6.58 Å². The summed E-state index contributed by atoms with van der Waals surface area (Å²) in [6, 6.07) is 4.86. The second-order valence-electron chi connectivity index (χ2n) is 3.98. The highest BCUT2D eigenvalue weighted by molar-refractivity contribution is 5.56. The van der Waals surface area contributed by atoms with Gasteiger partial charge in [0.05, 0.1) is 12.3 Å². The lowest BCUT2D eigenvalue weighted by atomic mass is 10.1. The van der Waals surface area contributed by atoms with Crippen LogP contribution in [0, 0.1) is 5.82 Å².